The summed E-state index contributed by atoms with van der Waals surface area (Å²) in [6, 6.07) is -0.466. The second-order valence-electron chi connectivity index (χ2n) is 3.91. The molecule has 1 rings (SSSR count). The predicted octanol–water partition coefficient (Wildman–Crippen LogP) is 1.68. The Balaban J connectivity index is 2.70. The van der Waals surface area contributed by atoms with Crippen LogP contribution in [0.5, 0.6) is 0 Å². The van der Waals surface area contributed by atoms with Crippen molar-refractivity contribution >= 4 is 22.2 Å². The Labute approximate surface area is 93.9 Å². The van der Waals surface area contributed by atoms with Gasteiger partial charge in [-0.1, -0.05) is 13.8 Å². The Morgan fingerprint density at radius 1 is 1.47 bits per heavy atom. The standard InChI is InChI=1S/C10H17N3OS/c1-5(2)8(11)9(14)13-10-6(3)12-7(4)15-10/h5,8H,11H2,1-4H3,(H,13,14)/t8-/m0/s1. The van der Waals surface area contributed by atoms with Crippen molar-refractivity contribution in [2.75, 3.05) is 5.32 Å². The number of aryl methyl sites for hydroxylation is 2. The van der Waals surface area contributed by atoms with Crippen LogP contribution in [0.4, 0.5) is 5.00 Å². The van der Waals surface area contributed by atoms with Gasteiger partial charge in [0.1, 0.15) is 5.00 Å². The average molecular weight is 227 g/mol. The van der Waals surface area contributed by atoms with Crippen LogP contribution in [-0.4, -0.2) is 16.9 Å². The summed E-state index contributed by atoms with van der Waals surface area (Å²) in [6.07, 6.45) is 0. The highest BCUT2D eigenvalue weighted by atomic mass is 32.1. The highest BCUT2D eigenvalue weighted by Gasteiger charge is 2.18. The summed E-state index contributed by atoms with van der Waals surface area (Å²) >= 11 is 1.47. The first-order valence-corrected chi connectivity index (χ1v) is 5.74. The van der Waals surface area contributed by atoms with Gasteiger partial charge in [-0.3, -0.25) is 4.79 Å². The smallest absolute Gasteiger partial charge is 0.242 e. The fourth-order valence-corrected chi connectivity index (χ4v) is 1.97. The third-order valence-electron chi connectivity index (χ3n) is 2.16. The van der Waals surface area contributed by atoms with Gasteiger partial charge in [0.05, 0.1) is 16.7 Å². The van der Waals surface area contributed by atoms with E-state index in [0.29, 0.717) is 0 Å². The summed E-state index contributed by atoms with van der Waals surface area (Å²) < 4.78 is 0. The van der Waals surface area contributed by atoms with E-state index in [9.17, 15) is 4.79 Å². The molecular formula is C10H17N3OS. The molecular weight excluding hydrogens is 210 g/mol. The molecule has 0 aromatic carbocycles. The average Bonchev–Trinajstić information content (AvgIpc) is 2.43. The Bertz CT molecular complexity index is 360. The van der Waals surface area contributed by atoms with Gasteiger partial charge in [0, 0.05) is 0 Å². The number of rotatable bonds is 3. The molecule has 1 aromatic rings. The molecule has 1 atom stereocenters. The van der Waals surface area contributed by atoms with Gasteiger partial charge in [-0.25, -0.2) is 4.98 Å². The SMILES string of the molecule is Cc1nc(C)c(NC(=O)[C@@H](N)C(C)C)s1. The third-order valence-corrected chi connectivity index (χ3v) is 3.15. The summed E-state index contributed by atoms with van der Waals surface area (Å²) in [5.41, 5.74) is 6.59. The van der Waals surface area contributed by atoms with E-state index < -0.39 is 6.04 Å². The summed E-state index contributed by atoms with van der Waals surface area (Å²) in [5, 5.41) is 4.55. The number of hydrogen-bond donors (Lipinski definition) is 2. The van der Waals surface area contributed by atoms with Crippen LogP contribution in [0.25, 0.3) is 0 Å². The molecule has 0 fully saturated rings. The molecule has 5 heteroatoms. The van der Waals surface area contributed by atoms with Crippen LogP contribution in [0.1, 0.15) is 24.5 Å². The van der Waals surface area contributed by atoms with Gasteiger partial charge in [0.25, 0.3) is 0 Å². The minimum Gasteiger partial charge on any atom is -0.320 e. The lowest BCUT2D eigenvalue weighted by molar-refractivity contribution is -0.118. The van der Waals surface area contributed by atoms with Crippen molar-refractivity contribution in [2.24, 2.45) is 11.7 Å². The van der Waals surface area contributed by atoms with Gasteiger partial charge >= 0.3 is 0 Å². The van der Waals surface area contributed by atoms with E-state index in [1.807, 2.05) is 27.7 Å². The van der Waals surface area contributed by atoms with Crippen molar-refractivity contribution in [3.8, 4) is 0 Å². The molecule has 0 saturated carbocycles. The Kier molecular flexibility index (Phi) is 3.82. The van der Waals surface area contributed by atoms with Gasteiger partial charge in [0.15, 0.2) is 0 Å². The van der Waals surface area contributed by atoms with Gasteiger partial charge in [0.2, 0.25) is 5.91 Å². The number of nitrogens with one attached hydrogen (secondary N) is 1. The molecule has 0 radical (unpaired) electrons. The van der Waals surface area contributed by atoms with E-state index in [1.165, 1.54) is 11.3 Å². The molecule has 1 heterocycles. The first-order valence-electron chi connectivity index (χ1n) is 4.92. The maximum Gasteiger partial charge on any atom is 0.242 e. The van der Waals surface area contributed by atoms with Crippen LogP contribution in [0.2, 0.25) is 0 Å². The van der Waals surface area contributed by atoms with Gasteiger partial charge in [-0.2, -0.15) is 0 Å². The zero-order valence-corrected chi connectivity index (χ0v) is 10.3. The molecule has 4 nitrogen and oxygen atoms in total. The lowest BCUT2D eigenvalue weighted by Gasteiger charge is -2.14. The summed E-state index contributed by atoms with van der Waals surface area (Å²) in [6.45, 7) is 7.64. The van der Waals surface area contributed by atoms with Crippen molar-refractivity contribution in [1.82, 2.24) is 4.98 Å². The van der Waals surface area contributed by atoms with Gasteiger partial charge < -0.3 is 11.1 Å². The van der Waals surface area contributed by atoms with E-state index in [1.54, 1.807) is 0 Å². The number of thiazole rings is 1. The van der Waals surface area contributed by atoms with Crippen LogP contribution in [0, 0.1) is 19.8 Å². The quantitative estimate of drug-likeness (QED) is 0.825. The molecule has 0 saturated heterocycles. The van der Waals surface area contributed by atoms with E-state index in [-0.39, 0.29) is 11.8 Å². The Morgan fingerprint density at radius 3 is 2.47 bits per heavy atom. The molecule has 84 valence electrons. The highest BCUT2D eigenvalue weighted by molar-refractivity contribution is 7.16. The van der Waals surface area contributed by atoms with Crippen molar-refractivity contribution in [1.29, 1.82) is 0 Å². The molecule has 0 aliphatic carbocycles. The topological polar surface area (TPSA) is 68.0 Å². The lowest BCUT2D eigenvalue weighted by Crippen LogP contribution is -2.39. The van der Waals surface area contributed by atoms with E-state index in [2.05, 4.69) is 10.3 Å². The maximum absolute atomic E-state index is 11.7. The van der Waals surface area contributed by atoms with Crippen molar-refractivity contribution < 1.29 is 4.79 Å². The minimum absolute atomic E-state index is 0.138. The third kappa shape index (κ3) is 3.00. The van der Waals surface area contributed by atoms with E-state index in [0.717, 1.165) is 15.7 Å². The predicted molar refractivity (Wildman–Crippen MR) is 63.0 cm³/mol. The van der Waals surface area contributed by atoms with Crippen LogP contribution in [0.3, 0.4) is 0 Å². The normalized spacial score (nSPS) is 12.9. The molecule has 3 N–H and O–H groups in total. The molecule has 1 aromatic heterocycles. The highest BCUT2D eigenvalue weighted by Crippen LogP contribution is 2.23. The molecule has 0 unspecified atom stereocenters. The van der Waals surface area contributed by atoms with Crippen molar-refractivity contribution in [3.63, 3.8) is 0 Å². The van der Waals surface area contributed by atoms with Gasteiger partial charge in [-0.05, 0) is 19.8 Å². The van der Waals surface area contributed by atoms with Crippen LogP contribution in [0.15, 0.2) is 0 Å². The Hall–Kier alpha value is -0.940. The fraction of sp³-hybridized carbons (Fsp3) is 0.600. The first kappa shape index (κ1) is 12.1. The van der Waals surface area contributed by atoms with Crippen molar-refractivity contribution in [3.05, 3.63) is 10.7 Å². The zero-order chi connectivity index (χ0) is 11.6. The lowest BCUT2D eigenvalue weighted by atomic mass is 10.1. The molecule has 15 heavy (non-hydrogen) atoms. The number of aromatic nitrogens is 1. The number of carbonyl (C=O) groups excluding carboxylic acids is 1. The molecule has 1 amide bonds. The van der Waals surface area contributed by atoms with Crippen LogP contribution < -0.4 is 11.1 Å². The summed E-state index contributed by atoms with van der Waals surface area (Å²) in [4.78, 5) is 15.9. The minimum atomic E-state index is -0.466. The zero-order valence-electron chi connectivity index (χ0n) is 9.50. The Morgan fingerprint density at radius 2 is 2.07 bits per heavy atom. The number of hydrogen-bond acceptors (Lipinski definition) is 4. The molecule has 0 aliphatic heterocycles. The van der Waals surface area contributed by atoms with Crippen molar-refractivity contribution in [2.45, 2.75) is 33.7 Å². The molecule has 0 spiro atoms. The number of nitrogens with zero attached hydrogens (tertiary/aromatic N) is 1. The largest absolute Gasteiger partial charge is 0.320 e. The van der Waals surface area contributed by atoms with Crippen LogP contribution in [-0.2, 0) is 4.79 Å². The number of carbonyl (C=O) groups is 1. The summed E-state index contributed by atoms with van der Waals surface area (Å²) in [5.74, 6) is -0.00363. The molecule has 0 aliphatic rings. The maximum atomic E-state index is 11.7. The number of amides is 1. The fourth-order valence-electron chi connectivity index (χ4n) is 1.15. The second kappa shape index (κ2) is 4.72. The van der Waals surface area contributed by atoms with E-state index in [4.69, 9.17) is 5.73 Å². The molecule has 0 bridgehead atoms. The van der Waals surface area contributed by atoms with E-state index >= 15 is 0 Å². The first-order chi connectivity index (χ1) is 6.91. The summed E-state index contributed by atoms with van der Waals surface area (Å²) in [7, 11) is 0. The second-order valence-corrected chi connectivity index (χ2v) is 5.11. The number of nitrogens with two attached hydrogens (primary N) is 1. The monoisotopic (exact) mass is 227 g/mol. The number of anilines is 1. The van der Waals surface area contributed by atoms with Gasteiger partial charge in [-0.15, -0.1) is 11.3 Å². The van der Waals surface area contributed by atoms with Crippen LogP contribution >= 0.6 is 11.3 Å².